The van der Waals surface area contributed by atoms with Crippen LogP contribution >= 0.6 is 0 Å². The normalized spacial score (nSPS) is 17.1. The van der Waals surface area contributed by atoms with Crippen molar-refractivity contribution in [2.24, 2.45) is 0 Å². The summed E-state index contributed by atoms with van der Waals surface area (Å²) < 4.78 is 20.6. The molecule has 39 heavy (non-hydrogen) atoms. The average Bonchev–Trinajstić information content (AvgIpc) is 3.30. The fourth-order valence-electron chi connectivity index (χ4n) is 5.05. The van der Waals surface area contributed by atoms with Gasteiger partial charge in [-0.1, -0.05) is 12.1 Å². The highest BCUT2D eigenvalue weighted by Crippen LogP contribution is 2.39. The third-order valence-electron chi connectivity index (χ3n) is 7.36. The van der Waals surface area contributed by atoms with E-state index in [-0.39, 0.29) is 36.5 Å². The van der Waals surface area contributed by atoms with Gasteiger partial charge in [0.15, 0.2) is 23.1 Å². The number of fused-ring (bicyclic) bond motifs is 1. The molecule has 2 aliphatic rings. The minimum absolute atomic E-state index is 0.0187. The van der Waals surface area contributed by atoms with Crippen LogP contribution < -0.4 is 5.32 Å². The molecule has 11 heteroatoms. The third-order valence-corrected chi connectivity index (χ3v) is 7.36. The number of hydrogen-bond acceptors (Lipinski definition) is 7. The number of rotatable bonds is 8. The monoisotopic (exact) mass is 531 g/mol. The molecule has 4 aromatic rings. The maximum absolute atomic E-state index is 15.2. The van der Waals surface area contributed by atoms with Crippen molar-refractivity contribution in [2.75, 3.05) is 32.5 Å². The van der Waals surface area contributed by atoms with Crippen LogP contribution in [0.5, 0.6) is 0 Å². The number of amides is 2. The lowest BCUT2D eigenvalue weighted by Crippen LogP contribution is -2.38. The molecule has 1 saturated carbocycles. The van der Waals surface area contributed by atoms with Gasteiger partial charge < -0.3 is 19.5 Å². The Hall–Kier alpha value is -4.28. The number of hydrogen-bond donors (Lipinski definition) is 2. The molecule has 0 bridgehead atoms. The number of aryl methyl sites for hydroxylation is 1. The molecule has 0 radical (unpaired) electrons. The van der Waals surface area contributed by atoms with Gasteiger partial charge in [0.05, 0.1) is 5.39 Å². The molecule has 0 unspecified atom stereocenters. The van der Waals surface area contributed by atoms with Crippen LogP contribution in [0.2, 0.25) is 0 Å². The SMILES string of the molecule is CN(C)C(=O)N1CC[C@@H](Nc2n[nH]c3nccc(-c4ccc(CCC(=O)c5coc(C6CC6)n5)c(F)c4)c23)C1. The van der Waals surface area contributed by atoms with Crippen molar-refractivity contribution in [1.82, 2.24) is 30.0 Å². The number of nitrogens with one attached hydrogen (secondary N) is 2. The molecule has 202 valence electrons. The number of anilines is 1. The van der Waals surface area contributed by atoms with E-state index in [2.05, 4.69) is 25.5 Å². The van der Waals surface area contributed by atoms with Crippen LogP contribution in [-0.4, -0.2) is 75.0 Å². The molecule has 4 heterocycles. The van der Waals surface area contributed by atoms with E-state index in [0.717, 1.165) is 30.2 Å². The zero-order valence-corrected chi connectivity index (χ0v) is 21.9. The maximum Gasteiger partial charge on any atom is 0.319 e. The average molecular weight is 532 g/mol. The fourth-order valence-corrected chi connectivity index (χ4v) is 5.05. The van der Waals surface area contributed by atoms with Crippen molar-refractivity contribution in [1.29, 1.82) is 0 Å². The summed E-state index contributed by atoms with van der Waals surface area (Å²) in [7, 11) is 3.48. The first-order chi connectivity index (χ1) is 18.9. The predicted molar refractivity (Wildman–Crippen MR) is 143 cm³/mol. The summed E-state index contributed by atoms with van der Waals surface area (Å²) >= 11 is 0. The third kappa shape index (κ3) is 5.08. The number of H-pyrrole nitrogens is 1. The van der Waals surface area contributed by atoms with E-state index in [1.807, 2.05) is 12.1 Å². The Labute approximate surface area is 224 Å². The molecule has 0 spiro atoms. The second-order valence-corrected chi connectivity index (χ2v) is 10.5. The van der Waals surface area contributed by atoms with Gasteiger partial charge in [-0.05, 0) is 54.5 Å². The molecule has 10 nitrogen and oxygen atoms in total. The Kier molecular flexibility index (Phi) is 6.49. The van der Waals surface area contributed by atoms with Crippen molar-refractivity contribution in [3.63, 3.8) is 0 Å². The number of ketones is 1. The quantitative estimate of drug-likeness (QED) is 0.319. The van der Waals surface area contributed by atoms with Gasteiger partial charge in [-0.2, -0.15) is 5.10 Å². The second kappa shape index (κ2) is 10.1. The van der Waals surface area contributed by atoms with Crippen molar-refractivity contribution in [3.05, 3.63) is 59.7 Å². The summed E-state index contributed by atoms with van der Waals surface area (Å²) in [4.78, 5) is 36.9. The molecule has 3 aromatic heterocycles. The van der Waals surface area contributed by atoms with Gasteiger partial charge in [-0.3, -0.25) is 9.89 Å². The first-order valence-corrected chi connectivity index (χ1v) is 13.2. The molecule has 1 aliphatic carbocycles. The van der Waals surface area contributed by atoms with Crippen LogP contribution in [0.3, 0.4) is 0 Å². The van der Waals surface area contributed by atoms with Crippen LogP contribution in [-0.2, 0) is 6.42 Å². The van der Waals surface area contributed by atoms with Gasteiger partial charge in [0, 0.05) is 51.8 Å². The molecule has 1 aromatic carbocycles. The minimum Gasteiger partial charge on any atom is -0.448 e. The van der Waals surface area contributed by atoms with E-state index in [1.165, 1.54) is 12.3 Å². The summed E-state index contributed by atoms with van der Waals surface area (Å²) in [6.07, 6.45) is 6.37. The van der Waals surface area contributed by atoms with E-state index in [9.17, 15) is 9.59 Å². The van der Waals surface area contributed by atoms with Gasteiger partial charge in [0.25, 0.3) is 0 Å². The van der Waals surface area contributed by atoms with Gasteiger partial charge >= 0.3 is 6.03 Å². The number of oxazole rings is 1. The number of aromatic amines is 1. The molecule has 2 fully saturated rings. The van der Waals surface area contributed by atoms with E-state index < -0.39 is 0 Å². The number of likely N-dealkylation sites (tertiary alicyclic amines) is 1. The number of pyridine rings is 1. The standard InChI is InChI=1S/C28H30FN7O3/c1-35(2)28(38)36-12-10-19(14-36)31-26-24-20(9-11-30-25(24)33-34-26)18-6-3-16(21(29)13-18)7-8-23(37)22-15-39-27(32-22)17-4-5-17/h3,6,9,11,13,15,17,19H,4-5,7-8,10,12,14H2,1-2H3,(H2,30,31,33,34)/t19-/m1/s1. The van der Waals surface area contributed by atoms with Crippen molar-refractivity contribution in [2.45, 2.75) is 44.1 Å². The Morgan fingerprint density at radius 2 is 2.08 bits per heavy atom. The molecule has 1 aliphatic heterocycles. The Morgan fingerprint density at radius 3 is 2.85 bits per heavy atom. The fraction of sp³-hybridized carbons (Fsp3) is 0.393. The van der Waals surface area contributed by atoms with Gasteiger partial charge in [-0.25, -0.2) is 19.2 Å². The molecule has 1 saturated heterocycles. The molecular formula is C28H30FN7O3. The lowest BCUT2D eigenvalue weighted by molar-refractivity contribution is 0.0977. The molecule has 6 rings (SSSR count). The number of urea groups is 1. The highest BCUT2D eigenvalue weighted by Gasteiger charge is 2.30. The highest BCUT2D eigenvalue weighted by atomic mass is 19.1. The molecule has 2 amide bonds. The van der Waals surface area contributed by atoms with Crippen LogP contribution in [0, 0.1) is 5.82 Å². The van der Waals surface area contributed by atoms with E-state index in [1.54, 1.807) is 36.2 Å². The topological polar surface area (TPSA) is 120 Å². The molecule has 2 N–H and O–H groups in total. The first kappa shape index (κ1) is 25.0. The number of aromatic nitrogens is 4. The zero-order valence-electron chi connectivity index (χ0n) is 21.9. The number of carbonyl (C=O) groups is 2. The van der Waals surface area contributed by atoms with Crippen LogP contribution in [0.4, 0.5) is 15.0 Å². The molecular weight excluding hydrogens is 501 g/mol. The van der Waals surface area contributed by atoms with Gasteiger partial charge in [0.1, 0.15) is 17.8 Å². The first-order valence-electron chi connectivity index (χ1n) is 13.2. The van der Waals surface area contributed by atoms with Crippen molar-refractivity contribution < 1.29 is 18.4 Å². The largest absolute Gasteiger partial charge is 0.448 e. The van der Waals surface area contributed by atoms with Gasteiger partial charge in [-0.15, -0.1) is 0 Å². The second-order valence-electron chi connectivity index (χ2n) is 10.5. The van der Waals surface area contributed by atoms with E-state index >= 15 is 4.39 Å². The zero-order chi connectivity index (χ0) is 27.1. The smallest absolute Gasteiger partial charge is 0.319 e. The highest BCUT2D eigenvalue weighted by molar-refractivity contribution is 6.00. The summed E-state index contributed by atoms with van der Waals surface area (Å²) in [5.74, 6) is 1.04. The lowest BCUT2D eigenvalue weighted by Gasteiger charge is -2.21. The predicted octanol–water partition coefficient (Wildman–Crippen LogP) is 4.61. The summed E-state index contributed by atoms with van der Waals surface area (Å²) in [6.45, 7) is 1.23. The molecule has 1 atom stereocenters. The lowest BCUT2D eigenvalue weighted by atomic mass is 9.99. The summed E-state index contributed by atoms with van der Waals surface area (Å²) in [5.41, 5.74) is 2.82. The van der Waals surface area contributed by atoms with Crippen molar-refractivity contribution >= 4 is 28.7 Å². The maximum atomic E-state index is 15.2. The number of carbonyl (C=O) groups excluding carboxylic acids is 2. The van der Waals surface area contributed by atoms with E-state index in [0.29, 0.717) is 53.2 Å². The van der Waals surface area contributed by atoms with Crippen LogP contribution in [0.15, 0.2) is 41.1 Å². The number of nitrogens with zero attached hydrogens (tertiary/aromatic N) is 5. The van der Waals surface area contributed by atoms with Crippen LogP contribution in [0.1, 0.15) is 53.5 Å². The van der Waals surface area contributed by atoms with Crippen LogP contribution in [0.25, 0.3) is 22.2 Å². The number of Topliss-reactive ketones (excluding diaryl/α,β-unsaturated/α-hetero) is 1. The number of halogens is 1. The Morgan fingerprint density at radius 1 is 1.23 bits per heavy atom. The summed E-state index contributed by atoms with van der Waals surface area (Å²) in [5, 5.41) is 11.6. The van der Waals surface area contributed by atoms with E-state index in [4.69, 9.17) is 4.42 Å². The van der Waals surface area contributed by atoms with Crippen molar-refractivity contribution in [3.8, 4) is 11.1 Å². The Bertz CT molecular complexity index is 1540. The Balaban J connectivity index is 1.17. The summed E-state index contributed by atoms with van der Waals surface area (Å²) in [6, 6.07) is 6.91. The van der Waals surface area contributed by atoms with Gasteiger partial charge in [0.2, 0.25) is 0 Å². The minimum atomic E-state index is -0.379. The number of benzene rings is 1.